The highest BCUT2D eigenvalue weighted by atomic mass is 19.4. The highest BCUT2D eigenvalue weighted by molar-refractivity contribution is 5.75. The van der Waals surface area contributed by atoms with Gasteiger partial charge in [0.2, 0.25) is 11.8 Å². The van der Waals surface area contributed by atoms with Crippen molar-refractivity contribution in [1.82, 2.24) is 9.80 Å². The summed E-state index contributed by atoms with van der Waals surface area (Å²) in [5.41, 5.74) is -6.22. The number of ether oxygens (including phenoxy) is 2. The molecule has 160 valence electrons. The number of carbonyl (C=O) groups excluding carboxylic acids is 2. The van der Waals surface area contributed by atoms with E-state index in [-0.39, 0.29) is 0 Å². The molecule has 0 unspecified atom stereocenters. The van der Waals surface area contributed by atoms with Gasteiger partial charge in [-0.15, -0.1) is 0 Å². The fourth-order valence-electron chi connectivity index (χ4n) is 3.67. The molecule has 2 atom stereocenters. The lowest BCUT2D eigenvalue weighted by Crippen LogP contribution is -2.93. The molecule has 3 aliphatic heterocycles. The molecule has 0 aromatic heterocycles. The highest BCUT2D eigenvalue weighted by Crippen LogP contribution is 2.60. The number of amides is 2. The zero-order valence-corrected chi connectivity index (χ0v) is 14.5. The Balaban J connectivity index is 2.09. The Kier molecular flexibility index (Phi) is 4.13. The van der Waals surface area contributed by atoms with Crippen LogP contribution in [-0.2, 0) is 19.1 Å². The second-order valence-corrected chi connectivity index (χ2v) is 7.23. The molecule has 3 fully saturated rings. The van der Waals surface area contributed by atoms with Crippen LogP contribution in [0.1, 0.15) is 13.8 Å². The molecule has 0 saturated carbocycles. The Labute approximate surface area is 153 Å². The zero-order valence-electron chi connectivity index (χ0n) is 14.5. The van der Waals surface area contributed by atoms with E-state index < -0.39 is 73.1 Å². The van der Waals surface area contributed by atoms with Crippen LogP contribution in [0, 0.1) is 0 Å². The minimum absolute atomic E-state index is 0.692. The van der Waals surface area contributed by atoms with Crippen LogP contribution in [0.2, 0.25) is 0 Å². The summed E-state index contributed by atoms with van der Waals surface area (Å²) in [6.07, 6.45) is -11.3. The van der Waals surface area contributed by atoms with Crippen molar-refractivity contribution in [2.24, 2.45) is 0 Å². The lowest BCUT2D eigenvalue weighted by molar-refractivity contribution is -0.581. The maximum Gasteiger partial charge on any atom is 0.446 e. The van der Waals surface area contributed by atoms with Gasteiger partial charge in [0.05, 0.1) is 26.2 Å². The van der Waals surface area contributed by atoms with Crippen LogP contribution < -0.4 is 0 Å². The third-order valence-electron chi connectivity index (χ3n) is 5.37. The standard InChI is InChI=1S/C14H16F6N2O6/c1-7(23)21-3-9(4-21)11(25,13(15,16)17)28-10(5-22(6-10)8(2)24)12(26,27-9)14(18,19)20/h25-26H,3-6H2,1-2H3/t11-,12-/m1/s1. The number of aliphatic hydroxyl groups is 2. The summed E-state index contributed by atoms with van der Waals surface area (Å²) < 4.78 is 91.2. The molecular formula is C14H16F6N2O6. The van der Waals surface area contributed by atoms with Crippen LogP contribution in [0.4, 0.5) is 26.3 Å². The quantitative estimate of drug-likeness (QED) is 0.522. The second-order valence-electron chi connectivity index (χ2n) is 7.23. The van der Waals surface area contributed by atoms with Gasteiger partial charge in [-0.05, 0) is 0 Å². The third-order valence-corrected chi connectivity index (χ3v) is 5.37. The fourth-order valence-corrected chi connectivity index (χ4v) is 3.67. The van der Waals surface area contributed by atoms with Crippen LogP contribution >= 0.6 is 0 Å². The van der Waals surface area contributed by atoms with E-state index in [1.54, 1.807) is 0 Å². The van der Waals surface area contributed by atoms with Crippen molar-refractivity contribution in [2.45, 2.75) is 49.0 Å². The van der Waals surface area contributed by atoms with E-state index in [1.807, 2.05) is 0 Å². The Morgan fingerprint density at radius 1 is 0.750 bits per heavy atom. The summed E-state index contributed by atoms with van der Waals surface area (Å²) >= 11 is 0. The molecule has 2 amide bonds. The first-order valence-electron chi connectivity index (χ1n) is 7.93. The molecule has 0 aromatic carbocycles. The van der Waals surface area contributed by atoms with Gasteiger partial charge >= 0.3 is 12.4 Å². The van der Waals surface area contributed by atoms with E-state index in [4.69, 9.17) is 0 Å². The predicted molar refractivity (Wildman–Crippen MR) is 74.1 cm³/mol. The number of carbonyl (C=O) groups is 2. The van der Waals surface area contributed by atoms with Gasteiger partial charge in [-0.3, -0.25) is 9.59 Å². The normalized spacial score (nSPS) is 34.2. The molecule has 0 radical (unpaired) electrons. The summed E-state index contributed by atoms with van der Waals surface area (Å²) in [5, 5.41) is 20.6. The van der Waals surface area contributed by atoms with Crippen LogP contribution in [0.25, 0.3) is 0 Å². The number of nitrogens with zero attached hydrogens (tertiary/aromatic N) is 2. The first-order chi connectivity index (χ1) is 12.4. The first kappa shape index (κ1) is 21.1. The average Bonchev–Trinajstić information content (AvgIpc) is 2.41. The van der Waals surface area contributed by atoms with E-state index in [1.165, 1.54) is 0 Å². The van der Waals surface area contributed by atoms with Gasteiger partial charge in [0.1, 0.15) is 0 Å². The summed E-state index contributed by atoms with van der Waals surface area (Å²) in [4.78, 5) is 24.0. The van der Waals surface area contributed by atoms with Crippen molar-refractivity contribution in [3.63, 3.8) is 0 Å². The van der Waals surface area contributed by atoms with Gasteiger partial charge in [-0.2, -0.15) is 26.3 Å². The number of alkyl halides is 6. The van der Waals surface area contributed by atoms with E-state index in [9.17, 15) is 46.1 Å². The molecule has 0 aliphatic carbocycles. The monoisotopic (exact) mass is 422 g/mol. The zero-order chi connectivity index (χ0) is 21.6. The van der Waals surface area contributed by atoms with Crippen molar-refractivity contribution < 1.29 is 55.6 Å². The molecule has 8 nitrogen and oxygen atoms in total. The molecule has 28 heavy (non-hydrogen) atoms. The van der Waals surface area contributed by atoms with Gasteiger partial charge < -0.3 is 29.5 Å². The largest absolute Gasteiger partial charge is 0.446 e. The SMILES string of the molecule is CC(=O)N1CC2(C1)O[C@@](O)(C(F)(F)F)C1(CN(C(C)=O)C1)O[C@@]2(O)C(F)(F)F. The summed E-state index contributed by atoms with van der Waals surface area (Å²) in [5.74, 6) is -10.1. The summed E-state index contributed by atoms with van der Waals surface area (Å²) in [6.45, 7) is -2.46. The van der Waals surface area contributed by atoms with E-state index >= 15 is 0 Å². The predicted octanol–water partition coefficient (Wildman–Crippen LogP) is -0.263. The molecule has 0 bridgehead atoms. The smallest absolute Gasteiger partial charge is 0.356 e. The van der Waals surface area contributed by atoms with Crippen molar-refractivity contribution in [3.8, 4) is 0 Å². The van der Waals surface area contributed by atoms with E-state index in [0.29, 0.717) is 9.80 Å². The maximum absolute atomic E-state index is 13.7. The van der Waals surface area contributed by atoms with Crippen molar-refractivity contribution >= 4 is 11.8 Å². The maximum atomic E-state index is 13.7. The fraction of sp³-hybridized carbons (Fsp3) is 0.857. The van der Waals surface area contributed by atoms with Gasteiger partial charge in [-0.1, -0.05) is 0 Å². The molecule has 3 heterocycles. The highest BCUT2D eigenvalue weighted by Gasteiger charge is 2.87. The summed E-state index contributed by atoms with van der Waals surface area (Å²) in [6, 6.07) is 0. The van der Waals surface area contributed by atoms with Gasteiger partial charge in [0, 0.05) is 13.8 Å². The molecule has 3 rings (SSSR count). The van der Waals surface area contributed by atoms with Crippen LogP contribution in [0.3, 0.4) is 0 Å². The van der Waals surface area contributed by atoms with Gasteiger partial charge in [0.25, 0.3) is 11.6 Å². The van der Waals surface area contributed by atoms with Crippen molar-refractivity contribution in [1.29, 1.82) is 0 Å². The molecule has 2 N–H and O–H groups in total. The van der Waals surface area contributed by atoms with E-state index in [2.05, 4.69) is 9.47 Å². The molecule has 3 saturated heterocycles. The number of halogens is 6. The average molecular weight is 422 g/mol. The van der Waals surface area contributed by atoms with Crippen LogP contribution in [0.5, 0.6) is 0 Å². The van der Waals surface area contributed by atoms with Crippen molar-refractivity contribution in [2.75, 3.05) is 26.2 Å². The number of likely N-dealkylation sites (tertiary alicyclic amines) is 2. The first-order valence-corrected chi connectivity index (χ1v) is 7.93. The summed E-state index contributed by atoms with van der Waals surface area (Å²) in [7, 11) is 0. The Bertz CT molecular complexity index is 654. The molecule has 0 aromatic rings. The lowest BCUT2D eigenvalue weighted by atomic mass is 9.75. The van der Waals surface area contributed by atoms with Crippen LogP contribution in [-0.4, -0.2) is 93.1 Å². The minimum atomic E-state index is -5.63. The minimum Gasteiger partial charge on any atom is -0.356 e. The molecule has 3 aliphatic rings. The molecule has 2 spiro atoms. The number of hydrogen-bond donors (Lipinski definition) is 2. The number of rotatable bonds is 0. The second kappa shape index (κ2) is 5.49. The molecule has 14 heteroatoms. The van der Waals surface area contributed by atoms with Crippen LogP contribution in [0.15, 0.2) is 0 Å². The molecular weight excluding hydrogens is 406 g/mol. The van der Waals surface area contributed by atoms with Gasteiger partial charge in [-0.25, -0.2) is 0 Å². The van der Waals surface area contributed by atoms with Crippen molar-refractivity contribution in [3.05, 3.63) is 0 Å². The lowest BCUT2D eigenvalue weighted by Gasteiger charge is -2.68. The topological polar surface area (TPSA) is 99.5 Å². The Morgan fingerprint density at radius 3 is 1.18 bits per heavy atom. The Morgan fingerprint density at radius 2 is 1.00 bits per heavy atom. The third kappa shape index (κ3) is 2.40. The Hall–Kier alpha value is -1.64. The van der Waals surface area contributed by atoms with Gasteiger partial charge in [0.15, 0.2) is 11.2 Å². The number of hydrogen-bond acceptors (Lipinski definition) is 6. The van der Waals surface area contributed by atoms with E-state index in [0.717, 1.165) is 13.8 Å².